The predicted molar refractivity (Wildman–Crippen MR) is 133 cm³/mol. The zero-order chi connectivity index (χ0) is 22.9. The number of nitrogens with zero attached hydrogens (tertiary/aromatic N) is 3. The van der Waals surface area contributed by atoms with E-state index in [2.05, 4.69) is 34.0 Å². The maximum absolute atomic E-state index is 12.3. The minimum Gasteiger partial charge on any atom is -0.351 e. The second-order valence-electron chi connectivity index (χ2n) is 6.32. The molecule has 1 N–H and O–H groups in total. The topological polar surface area (TPSA) is 57.1 Å². The monoisotopic (exact) mass is 432 g/mol. The Labute approximate surface area is 187 Å². The van der Waals surface area contributed by atoms with E-state index >= 15 is 0 Å². The van der Waals surface area contributed by atoms with E-state index in [1.54, 1.807) is 19.3 Å². The number of allylic oxidation sites excluding steroid dienone is 3. The molecule has 1 aromatic carbocycles. The molecule has 0 aliphatic carbocycles. The highest BCUT2D eigenvalue weighted by Crippen LogP contribution is 2.15. The van der Waals surface area contributed by atoms with Gasteiger partial charge in [0.2, 0.25) is 0 Å². The second-order valence-corrected chi connectivity index (χ2v) is 6.71. The number of aliphatic imine (C=N–C) groups is 2. The first-order valence-electron chi connectivity index (χ1n) is 10.5. The minimum absolute atomic E-state index is 0.0474. The van der Waals surface area contributed by atoms with Crippen LogP contribution >= 0.6 is 11.6 Å². The summed E-state index contributed by atoms with van der Waals surface area (Å²) in [4.78, 5) is 22.8. The zero-order valence-corrected chi connectivity index (χ0v) is 20.3. The van der Waals surface area contributed by atoms with Crippen molar-refractivity contribution < 1.29 is 4.79 Å². The zero-order valence-electron chi connectivity index (χ0n) is 19.5. The number of hydrogen-bond donors (Lipinski definition) is 1. The van der Waals surface area contributed by atoms with Crippen LogP contribution in [-0.4, -0.2) is 54.9 Å². The molecule has 0 aromatic heterocycles. The van der Waals surface area contributed by atoms with E-state index in [-0.39, 0.29) is 5.91 Å². The van der Waals surface area contributed by atoms with Crippen LogP contribution in [0.2, 0.25) is 0 Å². The summed E-state index contributed by atoms with van der Waals surface area (Å²) in [5, 5.41) is 3.40. The van der Waals surface area contributed by atoms with Crippen LogP contribution in [0, 0.1) is 0 Å². The highest BCUT2D eigenvalue weighted by atomic mass is 35.5. The SMILES string of the molecule is CC.CCN(CC)CCNC(=O)c1ccc(/C(C)=C/N=C(C)/C=C\C(Cl)=NC)cc1. The lowest BCUT2D eigenvalue weighted by Crippen LogP contribution is -2.34. The van der Waals surface area contributed by atoms with Gasteiger partial charge in [-0.05, 0) is 62.4 Å². The van der Waals surface area contributed by atoms with Gasteiger partial charge in [0, 0.05) is 37.6 Å². The van der Waals surface area contributed by atoms with Gasteiger partial charge in [0.05, 0.1) is 0 Å². The maximum atomic E-state index is 12.3. The third-order valence-corrected chi connectivity index (χ3v) is 4.64. The first kappa shape index (κ1) is 27.8. The van der Waals surface area contributed by atoms with Crippen LogP contribution in [0.25, 0.3) is 5.57 Å². The van der Waals surface area contributed by atoms with Crippen molar-refractivity contribution >= 4 is 34.0 Å². The summed E-state index contributed by atoms with van der Waals surface area (Å²) in [6.45, 7) is 15.6. The van der Waals surface area contributed by atoms with E-state index < -0.39 is 0 Å². The van der Waals surface area contributed by atoms with Gasteiger partial charge in [0.15, 0.2) is 0 Å². The Kier molecular flexibility index (Phi) is 15.3. The number of likely N-dealkylation sites (N-methyl/N-ethyl adjacent to an activating group) is 1. The van der Waals surface area contributed by atoms with E-state index in [9.17, 15) is 4.79 Å². The fraction of sp³-hybridized carbons (Fsp3) is 0.458. The minimum atomic E-state index is -0.0474. The number of amides is 1. The van der Waals surface area contributed by atoms with Crippen LogP contribution in [0.15, 0.2) is 52.6 Å². The lowest BCUT2D eigenvalue weighted by molar-refractivity contribution is 0.0949. The van der Waals surface area contributed by atoms with Crippen molar-refractivity contribution in [1.29, 1.82) is 0 Å². The third kappa shape index (κ3) is 11.1. The summed E-state index contributed by atoms with van der Waals surface area (Å²) < 4.78 is 0. The molecule has 0 aliphatic rings. The van der Waals surface area contributed by atoms with Crippen LogP contribution in [0.4, 0.5) is 0 Å². The summed E-state index contributed by atoms with van der Waals surface area (Å²) in [5.41, 5.74) is 3.52. The van der Waals surface area contributed by atoms with Gasteiger partial charge >= 0.3 is 0 Å². The van der Waals surface area contributed by atoms with Gasteiger partial charge in [-0.3, -0.25) is 14.8 Å². The maximum Gasteiger partial charge on any atom is 0.251 e. The van der Waals surface area contributed by atoms with Crippen LogP contribution < -0.4 is 5.32 Å². The number of benzene rings is 1. The molecule has 0 saturated carbocycles. The molecule has 0 fully saturated rings. The summed E-state index contributed by atoms with van der Waals surface area (Å²) in [6, 6.07) is 7.56. The molecule has 30 heavy (non-hydrogen) atoms. The largest absolute Gasteiger partial charge is 0.351 e. The van der Waals surface area contributed by atoms with Crippen LogP contribution in [0.3, 0.4) is 0 Å². The number of halogens is 1. The van der Waals surface area contributed by atoms with Gasteiger partial charge < -0.3 is 10.2 Å². The fourth-order valence-electron chi connectivity index (χ4n) is 2.43. The van der Waals surface area contributed by atoms with E-state index in [4.69, 9.17) is 11.6 Å². The van der Waals surface area contributed by atoms with Crippen molar-refractivity contribution in [2.24, 2.45) is 9.98 Å². The molecule has 1 aromatic rings. The number of carbonyl (C=O) groups excluding carboxylic acids is 1. The van der Waals surface area contributed by atoms with E-state index in [0.29, 0.717) is 17.3 Å². The van der Waals surface area contributed by atoms with Crippen molar-refractivity contribution in [3.8, 4) is 0 Å². The Balaban J connectivity index is 0.00000407. The van der Waals surface area contributed by atoms with E-state index in [1.807, 2.05) is 58.0 Å². The van der Waals surface area contributed by atoms with Gasteiger partial charge in [-0.1, -0.05) is 51.4 Å². The van der Waals surface area contributed by atoms with Crippen LogP contribution in [-0.2, 0) is 0 Å². The first-order valence-corrected chi connectivity index (χ1v) is 10.9. The summed E-state index contributed by atoms with van der Waals surface area (Å²) in [7, 11) is 1.64. The normalized spacial score (nSPS) is 12.8. The predicted octanol–water partition coefficient (Wildman–Crippen LogP) is 5.43. The molecule has 6 heteroatoms. The number of hydrogen-bond acceptors (Lipinski definition) is 4. The van der Waals surface area contributed by atoms with E-state index in [0.717, 1.165) is 36.5 Å². The smallest absolute Gasteiger partial charge is 0.251 e. The van der Waals surface area contributed by atoms with Gasteiger partial charge in [-0.15, -0.1) is 0 Å². The highest BCUT2D eigenvalue weighted by Gasteiger charge is 2.06. The molecule has 1 rings (SSSR count). The Morgan fingerprint density at radius 1 is 1.07 bits per heavy atom. The van der Waals surface area contributed by atoms with Crippen molar-refractivity contribution in [2.45, 2.75) is 41.5 Å². The lowest BCUT2D eigenvalue weighted by Gasteiger charge is -2.17. The van der Waals surface area contributed by atoms with Crippen LogP contribution in [0.1, 0.15) is 57.5 Å². The van der Waals surface area contributed by atoms with E-state index in [1.165, 1.54) is 0 Å². The number of carbonyl (C=O) groups is 1. The Morgan fingerprint density at radius 3 is 2.17 bits per heavy atom. The quantitative estimate of drug-likeness (QED) is 0.501. The van der Waals surface area contributed by atoms with Crippen molar-refractivity contribution in [3.05, 3.63) is 53.7 Å². The van der Waals surface area contributed by atoms with Gasteiger partial charge in [0.1, 0.15) is 5.17 Å². The van der Waals surface area contributed by atoms with Crippen molar-refractivity contribution in [2.75, 3.05) is 33.2 Å². The average molecular weight is 433 g/mol. The molecule has 0 heterocycles. The molecule has 0 atom stereocenters. The third-order valence-electron chi connectivity index (χ3n) is 4.35. The molecule has 0 spiro atoms. The molecule has 1 amide bonds. The summed E-state index contributed by atoms with van der Waals surface area (Å²) in [6.07, 6.45) is 5.32. The molecule has 0 unspecified atom stereocenters. The lowest BCUT2D eigenvalue weighted by atomic mass is 10.1. The Morgan fingerprint density at radius 2 is 1.63 bits per heavy atom. The molecular weight excluding hydrogens is 396 g/mol. The molecule has 0 bridgehead atoms. The molecule has 0 saturated heterocycles. The van der Waals surface area contributed by atoms with Crippen molar-refractivity contribution in [3.63, 3.8) is 0 Å². The average Bonchev–Trinajstić information content (AvgIpc) is 2.79. The fourth-order valence-corrected chi connectivity index (χ4v) is 2.50. The van der Waals surface area contributed by atoms with Gasteiger partial charge in [-0.2, -0.15) is 0 Å². The summed E-state index contributed by atoms with van der Waals surface area (Å²) >= 11 is 5.83. The van der Waals surface area contributed by atoms with Crippen LogP contribution in [0.5, 0.6) is 0 Å². The highest BCUT2D eigenvalue weighted by molar-refractivity contribution is 6.68. The Bertz CT molecular complexity index is 745. The Hall–Kier alpha value is -2.24. The van der Waals surface area contributed by atoms with Crippen molar-refractivity contribution in [1.82, 2.24) is 10.2 Å². The molecule has 5 nitrogen and oxygen atoms in total. The number of rotatable bonds is 10. The van der Waals surface area contributed by atoms with Gasteiger partial charge in [0.25, 0.3) is 5.91 Å². The summed E-state index contributed by atoms with van der Waals surface area (Å²) in [5.74, 6) is -0.0474. The molecule has 166 valence electrons. The van der Waals surface area contributed by atoms with Gasteiger partial charge in [-0.25, -0.2) is 0 Å². The number of nitrogens with one attached hydrogen (secondary N) is 1. The first-order chi connectivity index (χ1) is 14.4. The molecule has 0 radical (unpaired) electrons. The molecule has 0 aliphatic heterocycles. The second kappa shape index (κ2) is 16.5. The standard InChI is InChI=1S/C22H31ClN4O.C2H6/c1-6-27(7-2)15-14-25-22(28)20-11-9-19(10-12-20)17(3)16-26-18(4)8-13-21(23)24-5;1-2/h8-13,16H,6-7,14-15H2,1-5H3,(H,25,28);1-2H3/b13-8-,17-16+,24-21?,26-18+;. The molecular formula is C24H37ClN4O.